The predicted octanol–water partition coefficient (Wildman–Crippen LogP) is 7.33. The zero-order chi connectivity index (χ0) is 27.0. The van der Waals surface area contributed by atoms with Crippen LogP contribution in [0.4, 0.5) is 5.13 Å². The summed E-state index contributed by atoms with van der Waals surface area (Å²) in [5.74, 6) is -1.12. The Morgan fingerprint density at radius 1 is 1.08 bits per heavy atom. The van der Waals surface area contributed by atoms with E-state index < -0.39 is 17.7 Å². The van der Waals surface area contributed by atoms with Gasteiger partial charge in [-0.05, 0) is 77.4 Å². The van der Waals surface area contributed by atoms with Crippen molar-refractivity contribution in [2.45, 2.75) is 30.0 Å². The number of aromatic nitrogens is 2. The number of carbonyl (C=O) groups excluding carboxylic acids is 2. The minimum absolute atomic E-state index is 0.0328. The van der Waals surface area contributed by atoms with Crippen LogP contribution in [-0.2, 0) is 15.3 Å². The first-order chi connectivity index (χ1) is 18.2. The molecular weight excluding hydrogens is 653 g/mol. The van der Waals surface area contributed by atoms with Crippen molar-refractivity contribution in [1.29, 1.82) is 0 Å². The molecule has 1 aromatic heterocycles. The molecule has 38 heavy (non-hydrogen) atoms. The Bertz CT molecular complexity index is 1590. The summed E-state index contributed by atoms with van der Waals surface area (Å²) in [6.07, 6.45) is 0. The van der Waals surface area contributed by atoms with E-state index in [2.05, 4.69) is 32.8 Å². The zero-order valence-electron chi connectivity index (χ0n) is 20.3. The van der Waals surface area contributed by atoms with E-state index in [0.717, 1.165) is 20.3 Å². The van der Waals surface area contributed by atoms with Crippen molar-refractivity contribution >= 4 is 79.9 Å². The number of rotatable bonds is 6. The summed E-state index contributed by atoms with van der Waals surface area (Å²) in [5, 5.41) is 20.9. The van der Waals surface area contributed by atoms with Gasteiger partial charge < -0.3 is 5.11 Å². The van der Waals surface area contributed by atoms with Gasteiger partial charge >= 0.3 is 5.91 Å². The molecule has 1 fully saturated rings. The maximum atomic E-state index is 13.4. The molecule has 1 N–H and O–H groups in total. The number of ketones is 1. The lowest BCUT2D eigenvalue weighted by molar-refractivity contribution is -0.132. The van der Waals surface area contributed by atoms with Crippen molar-refractivity contribution < 1.29 is 14.7 Å². The number of benzene rings is 3. The van der Waals surface area contributed by atoms with Gasteiger partial charge in [-0.2, -0.15) is 0 Å². The van der Waals surface area contributed by atoms with E-state index in [1.807, 2.05) is 80.6 Å². The lowest BCUT2D eigenvalue weighted by Crippen LogP contribution is -2.29. The van der Waals surface area contributed by atoms with E-state index in [0.29, 0.717) is 26.2 Å². The summed E-state index contributed by atoms with van der Waals surface area (Å²) in [7, 11) is 0. The number of Topliss-reactive ketones (excluding diaryl/α,β-unsaturated/α-hetero) is 1. The first kappa shape index (κ1) is 26.9. The normalized spacial score (nSPS) is 16.8. The van der Waals surface area contributed by atoms with Gasteiger partial charge in [0.25, 0.3) is 5.78 Å². The average molecular weight is 674 g/mol. The predicted molar refractivity (Wildman–Crippen MR) is 161 cm³/mol. The molecule has 1 saturated heterocycles. The smallest absolute Gasteiger partial charge is 0.301 e. The zero-order valence-corrected chi connectivity index (χ0v) is 24.9. The lowest BCUT2D eigenvalue weighted by Gasteiger charge is -2.22. The molecule has 2 heterocycles. The van der Waals surface area contributed by atoms with Crippen molar-refractivity contribution in [1.82, 2.24) is 10.2 Å². The van der Waals surface area contributed by atoms with E-state index in [1.54, 1.807) is 0 Å². The highest BCUT2D eigenvalue weighted by molar-refractivity contribution is 14.1. The number of aliphatic hydroxyl groups is 1. The van der Waals surface area contributed by atoms with Crippen LogP contribution in [-0.4, -0.2) is 27.0 Å². The number of anilines is 1. The largest absolute Gasteiger partial charge is 0.507 e. The van der Waals surface area contributed by atoms with Crippen LogP contribution >= 0.6 is 57.3 Å². The number of nitrogens with zero attached hydrogens (tertiary/aromatic N) is 3. The fourth-order valence-corrected chi connectivity index (χ4v) is 6.75. The quantitative estimate of drug-likeness (QED) is 0.0577. The fraction of sp³-hybridized carbons (Fsp3) is 0.143. The molecule has 0 bridgehead atoms. The van der Waals surface area contributed by atoms with Gasteiger partial charge in [-0.1, -0.05) is 82.7 Å². The molecule has 10 heteroatoms. The third kappa shape index (κ3) is 5.25. The lowest BCUT2D eigenvalue weighted by atomic mass is 9.93. The average Bonchev–Trinajstić information content (AvgIpc) is 3.47. The van der Waals surface area contributed by atoms with E-state index in [-0.39, 0.29) is 16.5 Å². The van der Waals surface area contributed by atoms with Crippen molar-refractivity contribution in [3.63, 3.8) is 0 Å². The Kier molecular flexibility index (Phi) is 7.90. The third-order valence-corrected chi connectivity index (χ3v) is 9.38. The first-order valence-corrected chi connectivity index (χ1v) is 14.8. The van der Waals surface area contributed by atoms with Crippen molar-refractivity contribution in [3.05, 3.63) is 109 Å². The SMILES string of the molecule is Cc1ccc(C)c(C(O)=C2C(=O)C(=O)N(c3nnc(SCc4ccccc4Cl)s3)C2c2ccc(I)cc2)c1. The van der Waals surface area contributed by atoms with Crippen LogP contribution in [0.2, 0.25) is 5.02 Å². The number of thioether (sulfide) groups is 1. The number of aliphatic hydroxyl groups excluding tert-OH is 1. The molecule has 0 aliphatic carbocycles. The second-order valence-corrected chi connectivity index (χ2v) is 12.6. The minimum Gasteiger partial charge on any atom is -0.507 e. The summed E-state index contributed by atoms with van der Waals surface area (Å²) in [6, 6.07) is 19.9. The molecular formula is C28H21ClIN3O3S2. The van der Waals surface area contributed by atoms with Crippen LogP contribution in [0.1, 0.15) is 33.9 Å². The molecule has 1 aliphatic rings. The monoisotopic (exact) mass is 673 g/mol. The van der Waals surface area contributed by atoms with Crippen LogP contribution in [0.25, 0.3) is 5.76 Å². The van der Waals surface area contributed by atoms with Gasteiger partial charge in [0.2, 0.25) is 5.13 Å². The van der Waals surface area contributed by atoms with Crippen LogP contribution < -0.4 is 4.90 Å². The maximum absolute atomic E-state index is 13.4. The van der Waals surface area contributed by atoms with E-state index in [9.17, 15) is 14.7 Å². The maximum Gasteiger partial charge on any atom is 0.301 e. The van der Waals surface area contributed by atoms with Gasteiger partial charge in [-0.15, -0.1) is 10.2 Å². The topological polar surface area (TPSA) is 83.4 Å². The molecule has 6 nitrogen and oxygen atoms in total. The number of carbonyl (C=O) groups is 2. The summed E-state index contributed by atoms with van der Waals surface area (Å²) in [4.78, 5) is 28.2. The highest BCUT2D eigenvalue weighted by Crippen LogP contribution is 2.44. The van der Waals surface area contributed by atoms with Crippen molar-refractivity contribution in [2.75, 3.05) is 4.90 Å². The van der Waals surface area contributed by atoms with E-state index in [1.165, 1.54) is 28.0 Å². The molecule has 1 aliphatic heterocycles. The summed E-state index contributed by atoms with van der Waals surface area (Å²) in [5.41, 5.74) is 3.94. The molecule has 0 spiro atoms. The summed E-state index contributed by atoms with van der Waals surface area (Å²) < 4.78 is 1.64. The molecule has 3 aromatic carbocycles. The standard InChI is InChI=1S/C28H21ClIN3O3S2/c1-15-7-8-16(2)20(13-15)24(34)22-23(17-9-11-19(30)12-10-17)33(26(36)25(22)35)27-31-32-28(38-27)37-14-18-5-3-4-6-21(18)29/h3-13,23,34H,14H2,1-2H3. The van der Waals surface area contributed by atoms with Gasteiger partial charge in [0.15, 0.2) is 4.34 Å². The van der Waals surface area contributed by atoms with Gasteiger partial charge in [0.1, 0.15) is 5.76 Å². The van der Waals surface area contributed by atoms with Crippen LogP contribution in [0.5, 0.6) is 0 Å². The third-order valence-electron chi connectivity index (χ3n) is 6.19. The Labute approximate surface area is 246 Å². The molecule has 1 unspecified atom stereocenters. The molecule has 4 aromatic rings. The van der Waals surface area contributed by atoms with Gasteiger partial charge in [-0.25, -0.2) is 0 Å². The Balaban J connectivity index is 1.57. The van der Waals surface area contributed by atoms with Crippen LogP contribution in [0, 0.1) is 17.4 Å². The van der Waals surface area contributed by atoms with Crippen molar-refractivity contribution in [2.24, 2.45) is 0 Å². The first-order valence-electron chi connectivity index (χ1n) is 11.6. The van der Waals surface area contributed by atoms with Crippen LogP contribution in [0.3, 0.4) is 0 Å². The van der Waals surface area contributed by atoms with E-state index >= 15 is 0 Å². The molecule has 1 atom stereocenters. The number of amides is 1. The second kappa shape index (κ2) is 11.2. The number of hydrogen-bond acceptors (Lipinski definition) is 7. The Morgan fingerprint density at radius 3 is 2.55 bits per heavy atom. The van der Waals surface area contributed by atoms with E-state index in [4.69, 9.17) is 11.6 Å². The Hall–Kier alpha value is -2.73. The molecule has 1 amide bonds. The van der Waals surface area contributed by atoms with Crippen LogP contribution in [0.15, 0.2) is 76.6 Å². The number of aryl methyl sites for hydroxylation is 2. The molecule has 192 valence electrons. The highest BCUT2D eigenvalue weighted by atomic mass is 127. The fourth-order valence-electron chi connectivity index (χ4n) is 4.24. The second-order valence-electron chi connectivity index (χ2n) is 8.77. The minimum atomic E-state index is -0.846. The molecule has 0 saturated carbocycles. The summed E-state index contributed by atoms with van der Waals surface area (Å²) >= 11 is 11.2. The highest BCUT2D eigenvalue weighted by Gasteiger charge is 2.48. The van der Waals surface area contributed by atoms with Gasteiger partial charge in [-0.3, -0.25) is 14.5 Å². The number of halogens is 2. The number of hydrogen-bond donors (Lipinski definition) is 1. The van der Waals surface area contributed by atoms with Gasteiger partial charge in [0, 0.05) is 19.9 Å². The summed E-state index contributed by atoms with van der Waals surface area (Å²) in [6.45, 7) is 3.77. The molecule has 5 rings (SSSR count). The van der Waals surface area contributed by atoms with Gasteiger partial charge in [0.05, 0.1) is 11.6 Å². The Morgan fingerprint density at radius 2 is 1.82 bits per heavy atom. The van der Waals surface area contributed by atoms with Crippen molar-refractivity contribution in [3.8, 4) is 0 Å². The molecule has 0 radical (unpaired) electrons.